The maximum atomic E-state index is 14.0. The normalized spacial score (nSPS) is 23.5. The van der Waals surface area contributed by atoms with Gasteiger partial charge in [0, 0.05) is 38.8 Å². The number of piperazine rings is 1. The number of piperidine rings is 1. The third-order valence-corrected chi connectivity index (χ3v) is 4.78. The Kier molecular flexibility index (Phi) is 5.16. The zero-order chi connectivity index (χ0) is 15.4. The lowest BCUT2D eigenvalue weighted by molar-refractivity contribution is 0.198. The summed E-state index contributed by atoms with van der Waals surface area (Å²) >= 11 is 0. The second-order valence-corrected chi connectivity index (χ2v) is 6.32. The highest BCUT2D eigenvalue weighted by Crippen LogP contribution is 2.26. The number of halogens is 1. The first-order chi connectivity index (χ1) is 10.8. The van der Waals surface area contributed by atoms with Gasteiger partial charge in [-0.3, -0.25) is 4.90 Å². The van der Waals surface area contributed by atoms with E-state index in [0.717, 1.165) is 38.6 Å². The maximum Gasteiger partial charge on any atom is 0.146 e. The molecule has 0 aromatic heterocycles. The Bertz CT molecular complexity index is 483. The fourth-order valence-electron chi connectivity index (χ4n) is 3.48. The van der Waals surface area contributed by atoms with Gasteiger partial charge in [0.05, 0.1) is 12.8 Å². The zero-order valence-electron chi connectivity index (χ0n) is 13.4. The lowest BCUT2D eigenvalue weighted by Crippen LogP contribution is -2.49. The summed E-state index contributed by atoms with van der Waals surface area (Å²) in [4.78, 5) is 4.65. The van der Waals surface area contributed by atoms with E-state index in [2.05, 4.69) is 15.1 Å². The molecule has 0 radical (unpaired) electrons. The Morgan fingerprint density at radius 1 is 1.27 bits per heavy atom. The SMILES string of the molecule is COc1ccc(F)c(N2CCN(CC3CCCNC3)CC2)c1. The van der Waals surface area contributed by atoms with E-state index < -0.39 is 0 Å². The van der Waals surface area contributed by atoms with Gasteiger partial charge in [-0.2, -0.15) is 0 Å². The first-order valence-electron chi connectivity index (χ1n) is 8.28. The minimum atomic E-state index is -0.161. The molecule has 122 valence electrons. The standard InChI is InChI=1S/C17H26FN3O/c1-22-15-4-5-16(18)17(11-15)21-9-7-20(8-10-21)13-14-3-2-6-19-12-14/h4-5,11,14,19H,2-3,6-10,12-13H2,1H3. The van der Waals surface area contributed by atoms with E-state index in [1.165, 1.54) is 32.0 Å². The van der Waals surface area contributed by atoms with Crippen LogP contribution < -0.4 is 15.0 Å². The van der Waals surface area contributed by atoms with Gasteiger partial charge in [0.25, 0.3) is 0 Å². The van der Waals surface area contributed by atoms with E-state index in [0.29, 0.717) is 11.4 Å². The molecule has 0 saturated carbocycles. The molecule has 0 amide bonds. The van der Waals surface area contributed by atoms with E-state index in [9.17, 15) is 4.39 Å². The van der Waals surface area contributed by atoms with Crippen LogP contribution in [0.2, 0.25) is 0 Å². The lowest BCUT2D eigenvalue weighted by Gasteiger charge is -2.38. The van der Waals surface area contributed by atoms with Crippen LogP contribution in [0.4, 0.5) is 10.1 Å². The van der Waals surface area contributed by atoms with E-state index in [-0.39, 0.29) is 5.82 Å². The highest BCUT2D eigenvalue weighted by atomic mass is 19.1. The summed E-state index contributed by atoms with van der Waals surface area (Å²) in [5.41, 5.74) is 0.665. The summed E-state index contributed by atoms with van der Waals surface area (Å²) in [5, 5.41) is 3.48. The molecule has 2 aliphatic heterocycles. The summed E-state index contributed by atoms with van der Waals surface area (Å²) in [6.45, 7) is 7.25. The molecule has 2 saturated heterocycles. The van der Waals surface area contributed by atoms with E-state index in [1.807, 2.05) is 0 Å². The van der Waals surface area contributed by atoms with Crippen LogP contribution in [0, 0.1) is 11.7 Å². The second-order valence-electron chi connectivity index (χ2n) is 6.32. The van der Waals surface area contributed by atoms with E-state index in [4.69, 9.17) is 4.74 Å². The summed E-state index contributed by atoms with van der Waals surface area (Å²) in [6, 6.07) is 4.97. The third kappa shape index (κ3) is 3.70. The molecule has 5 heteroatoms. The van der Waals surface area contributed by atoms with Crippen LogP contribution >= 0.6 is 0 Å². The number of nitrogens with one attached hydrogen (secondary N) is 1. The predicted molar refractivity (Wildman–Crippen MR) is 87.2 cm³/mol. The van der Waals surface area contributed by atoms with Gasteiger partial charge in [0.2, 0.25) is 0 Å². The third-order valence-electron chi connectivity index (χ3n) is 4.78. The molecule has 22 heavy (non-hydrogen) atoms. The Morgan fingerprint density at radius 2 is 2.09 bits per heavy atom. The summed E-state index contributed by atoms with van der Waals surface area (Å²) < 4.78 is 19.3. The molecule has 1 aromatic carbocycles. The molecule has 1 atom stereocenters. The summed E-state index contributed by atoms with van der Waals surface area (Å²) in [6.07, 6.45) is 2.62. The molecule has 1 unspecified atom stereocenters. The van der Waals surface area contributed by atoms with Crippen molar-refractivity contribution in [2.24, 2.45) is 5.92 Å². The van der Waals surface area contributed by atoms with Crippen LogP contribution in [0.3, 0.4) is 0 Å². The lowest BCUT2D eigenvalue weighted by atomic mass is 9.99. The van der Waals surface area contributed by atoms with Gasteiger partial charge < -0.3 is 15.0 Å². The first-order valence-corrected chi connectivity index (χ1v) is 8.28. The molecule has 1 N–H and O–H groups in total. The Morgan fingerprint density at radius 3 is 2.77 bits per heavy atom. The summed E-state index contributed by atoms with van der Waals surface area (Å²) in [5.74, 6) is 1.33. The Balaban J connectivity index is 1.55. The van der Waals surface area contributed by atoms with Crippen molar-refractivity contribution in [2.75, 3.05) is 57.8 Å². The predicted octanol–water partition coefficient (Wildman–Crippen LogP) is 1.96. The minimum Gasteiger partial charge on any atom is -0.497 e. The van der Waals surface area contributed by atoms with Gasteiger partial charge in [-0.15, -0.1) is 0 Å². The number of anilines is 1. The summed E-state index contributed by atoms with van der Waals surface area (Å²) in [7, 11) is 1.62. The van der Waals surface area contributed by atoms with Crippen LogP contribution in [-0.2, 0) is 0 Å². The monoisotopic (exact) mass is 307 g/mol. The quantitative estimate of drug-likeness (QED) is 0.920. The minimum absolute atomic E-state index is 0.161. The molecule has 0 aliphatic carbocycles. The van der Waals surface area contributed by atoms with Gasteiger partial charge in [-0.1, -0.05) is 0 Å². The molecule has 2 fully saturated rings. The largest absolute Gasteiger partial charge is 0.497 e. The van der Waals surface area contributed by atoms with Crippen LogP contribution in [0.15, 0.2) is 18.2 Å². The molecule has 0 spiro atoms. The Labute approximate surface area is 132 Å². The Hall–Kier alpha value is -1.33. The first kappa shape index (κ1) is 15.6. The number of methoxy groups -OCH3 is 1. The zero-order valence-corrected chi connectivity index (χ0v) is 13.4. The second kappa shape index (κ2) is 7.29. The van der Waals surface area contributed by atoms with Gasteiger partial charge in [0.1, 0.15) is 11.6 Å². The number of ether oxygens (including phenoxy) is 1. The molecule has 3 rings (SSSR count). The average Bonchev–Trinajstić information content (AvgIpc) is 2.57. The van der Waals surface area contributed by atoms with Crippen molar-refractivity contribution in [1.29, 1.82) is 0 Å². The molecular weight excluding hydrogens is 281 g/mol. The molecule has 2 aliphatic rings. The fraction of sp³-hybridized carbons (Fsp3) is 0.647. The van der Waals surface area contributed by atoms with Crippen molar-refractivity contribution in [3.63, 3.8) is 0 Å². The van der Waals surface area contributed by atoms with Crippen LogP contribution in [0.1, 0.15) is 12.8 Å². The van der Waals surface area contributed by atoms with Crippen molar-refractivity contribution in [3.05, 3.63) is 24.0 Å². The van der Waals surface area contributed by atoms with Crippen LogP contribution in [-0.4, -0.2) is 57.8 Å². The van der Waals surface area contributed by atoms with Crippen molar-refractivity contribution < 1.29 is 9.13 Å². The number of benzene rings is 1. The van der Waals surface area contributed by atoms with Gasteiger partial charge >= 0.3 is 0 Å². The highest BCUT2D eigenvalue weighted by molar-refractivity contribution is 5.52. The van der Waals surface area contributed by atoms with E-state index in [1.54, 1.807) is 19.2 Å². The maximum absolute atomic E-state index is 14.0. The molecular formula is C17H26FN3O. The van der Waals surface area contributed by atoms with Crippen molar-refractivity contribution in [1.82, 2.24) is 10.2 Å². The molecule has 4 nitrogen and oxygen atoms in total. The number of rotatable bonds is 4. The van der Waals surface area contributed by atoms with Crippen molar-refractivity contribution in [2.45, 2.75) is 12.8 Å². The van der Waals surface area contributed by atoms with Gasteiger partial charge in [0.15, 0.2) is 0 Å². The highest BCUT2D eigenvalue weighted by Gasteiger charge is 2.23. The van der Waals surface area contributed by atoms with Crippen molar-refractivity contribution >= 4 is 5.69 Å². The molecule has 2 heterocycles. The average molecular weight is 307 g/mol. The van der Waals surface area contributed by atoms with Crippen LogP contribution in [0.25, 0.3) is 0 Å². The number of nitrogens with zero attached hydrogens (tertiary/aromatic N) is 2. The van der Waals surface area contributed by atoms with E-state index >= 15 is 0 Å². The number of hydrogen-bond acceptors (Lipinski definition) is 4. The van der Waals surface area contributed by atoms with Gasteiger partial charge in [-0.05, 0) is 44.0 Å². The fourth-order valence-corrected chi connectivity index (χ4v) is 3.48. The topological polar surface area (TPSA) is 27.7 Å². The molecule has 0 bridgehead atoms. The van der Waals surface area contributed by atoms with Crippen molar-refractivity contribution in [3.8, 4) is 5.75 Å². The van der Waals surface area contributed by atoms with Gasteiger partial charge in [-0.25, -0.2) is 4.39 Å². The van der Waals surface area contributed by atoms with Crippen LogP contribution in [0.5, 0.6) is 5.75 Å². The smallest absolute Gasteiger partial charge is 0.146 e. The molecule has 1 aromatic rings. The number of hydrogen-bond donors (Lipinski definition) is 1.